The van der Waals surface area contributed by atoms with Crippen molar-refractivity contribution in [2.75, 3.05) is 31.1 Å². The van der Waals surface area contributed by atoms with Crippen LogP contribution in [0.3, 0.4) is 0 Å². The van der Waals surface area contributed by atoms with Crippen molar-refractivity contribution in [2.45, 2.75) is 6.54 Å². The van der Waals surface area contributed by atoms with Gasteiger partial charge in [0.15, 0.2) is 0 Å². The van der Waals surface area contributed by atoms with Gasteiger partial charge in [-0.1, -0.05) is 22.0 Å². The zero-order valence-corrected chi connectivity index (χ0v) is 14.7. The van der Waals surface area contributed by atoms with E-state index in [0.717, 1.165) is 47.5 Å². The molecule has 1 aromatic carbocycles. The third kappa shape index (κ3) is 2.91. The molecule has 3 heterocycles. The number of rotatable bonds is 3. The SMILES string of the molecule is O=C(Cn1ccc2ccc(Br)cc21)N1CCN(c2ncc[nH]2)CC1. The van der Waals surface area contributed by atoms with Gasteiger partial charge >= 0.3 is 0 Å². The Morgan fingerprint density at radius 2 is 2.04 bits per heavy atom. The molecule has 0 radical (unpaired) electrons. The molecule has 0 aliphatic carbocycles. The van der Waals surface area contributed by atoms with Crippen LogP contribution >= 0.6 is 15.9 Å². The number of carbonyl (C=O) groups is 1. The molecule has 1 saturated heterocycles. The average molecular weight is 388 g/mol. The number of anilines is 1. The van der Waals surface area contributed by atoms with E-state index in [0.29, 0.717) is 6.54 Å². The van der Waals surface area contributed by atoms with Crippen LogP contribution in [0.4, 0.5) is 5.95 Å². The smallest absolute Gasteiger partial charge is 0.242 e. The van der Waals surface area contributed by atoms with E-state index >= 15 is 0 Å². The summed E-state index contributed by atoms with van der Waals surface area (Å²) < 4.78 is 3.04. The molecular weight excluding hydrogens is 370 g/mol. The molecule has 0 spiro atoms. The molecule has 1 amide bonds. The van der Waals surface area contributed by atoms with E-state index in [2.05, 4.69) is 42.9 Å². The second-order valence-electron chi connectivity index (χ2n) is 5.93. The van der Waals surface area contributed by atoms with Crippen molar-refractivity contribution in [1.29, 1.82) is 0 Å². The fourth-order valence-electron chi connectivity index (χ4n) is 3.14. The van der Waals surface area contributed by atoms with Gasteiger partial charge in [0.05, 0.1) is 0 Å². The van der Waals surface area contributed by atoms with Gasteiger partial charge in [0, 0.05) is 54.8 Å². The number of carbonyl (C=O) groups excluding carboxylic acids is 1. The first-order chi connectivity index (χ1) is 11.7. The van der Waals surface area contributed by atoms with E-state index in [1.54, 1.807) is 6.20 Å². The summed E-state index contributed by atoms with van der Waals surface area (Å²) in [6.07, 6.45) is 5.55. The fourth-order valence-corrected chi connectivity index (χ4v) is 3.49. The zero-order chi connectivity index (χ0) is 16.5. The molecular formula is C17H18BrN5O. The Bertz CT molecular complexity index is 849. The topological polar surface area (TPSA) is 57.2 Å². The number of nitrogens with zero attached hydrogens (tertiary/aromatic N) is 4. The van der Waals surface area contributed by atoms with Gasteiger partial charge < -0.3 is 19.4 Å². The maximum absolute atomic E-state index is 12.6. The molecule has 1 aliphatic rings. The number of hydrogen-bond donors (Lipinski definition) is 1. The highest BCUT2D eigenvalue weighted by Gasteiger charge is 2.22. The second-order valence-corrected chi connectivity index (χ2v) is 6.84. The fraction of sp³-hybridized carbons (Fsp3) is 0.294. The summed E-state index contributed by atoms with van der Waals surface area (Å²) in [5.74, 6) is 1.04. The van der Waals surface area contributed by atoms with E-state index in [1.807, 2.05) is 34.0 Å². The standard InChI is InChI=1S/C17H18BrN5O/c18-14-2-1-13-3-6-23(15(13)11-14)12-16(24)21-7-9-22(10-8-21)17-19-4-5-20-17/h1-6,11H,7-10,12H2,(H,19,20). The van der Waals surface area contributed by atoms with Crippen LogP contribution in [-0.4, -0.2) is 51.5 Å². The van der Waals surface area contributed by atoms with Crippen molar-refractivity contribution in [3.63, 3.8) is 0 Å². The first-order valence-corrected chi connectivity index (χ1v) is 8.76. The quantitative estimate of drug-likeness (QED) is 0.750. The first kappa shape index (κ1) is 15.3. The molecule has 3 aromatic rings. The van der Waals surface area contributed by atoms with E-state index in [9.17, 15) is 4.79 Å². The minimum atomic E-state index is 0.159. The van der Waals surface area contributed by atoms with Gasteiger partial charge in [-0.3, -0.25) is 4.79 Å². The number of H-pyrrole nitrogens is 1. The van der Waals surface area contributed by atoms with Gasteiger partial charge in [0.2, 0.25) is 11.9 Å². The third-order valence-electron chi connectivity index (χ3n) is 4.46. The average Bonchev–Trinajstić information content (AvgIpc) is 3.25. The lowest BCUT2D eigenvalue weighted by atomic mass is 10.2. The van der Waals surface area contributed by atoms with Crippen molar-refractivity contribution in [3.05, 3.63) is 47.3 Å². The van der Waals surface area contributed by atoms with Gasteiger partial charge in [-0.15, -0.1) is 0 Å². The minimum Gasteiger partial charge on any atom is -0.339 e. The summed E-state index contributed by atoms with van der Waals surface area (Å²) in [4.78, 5) is 24.1. The molecule has 0 unspecified atom stereocenters. The van der Waals surface area contributed by atoms with Gasteiger partial charge in [-0.2, -0.15) is 0 Å². The molecule has 124 valence electrons. The number of aromatic amines is 1. The van der Waals surface area contributed by atoms with Crippen molar-refractivity contribution in [3.8, 4) is 0 Å². The van der Waals surface area contributed by atoms with Crippen LogP contribution in [0.25, 0.3) is 10.9 Å². The summed E-state index contributed by atoms with van der Waals surface area (Å²) in [5.41, 5.74) is 1.08. The number of halogens is 1. The van der Waals surface area contributed by atoms with Gasteiger partial charge in [0.25, 0.3) is 0 Å². The Kier molecular flexibility index (Phi) is 4.02. The van der Waals surface area contributed by atoms with Crippen molar-refractivity contribution >= 4 is 38.7 Å². The molecule has 6 nitrogen and oxygen atoms in total. The monoisotopic (exact) mass is 387 g/mol. The summed E-state index contributed by atoms with van der Waals surface area (Å²) >= 11 is 3.50. The Hall–Kier alpha value is -2.28. The maximum atomic E-state index is 12.6. The van der Waals surface area contributed by atoms with E-state index in [-0.39, 0.29) is 5.91 Å². The number of fused-ring (bicyclic) bond motifs is 1. The number of nitrogens with one attached hydrogen (secondary N) is 1. The van der Waals surface area contributed by atoms with Gasteiger partial charge in [0.1, 0.15) is 6.54 Å². The number of piperazine rings is 1. The molecule has 2 aromatic heterocycles. The van der Waals surface area contributed by atoms with Crippen molar-refractivity contribution in [2.24, 2.45) is 0 Å². The number of amides is 1. The van der Waals surface area contributed by atoms with Crippen molar-refractivity contribution in [1.82, 2.24) is 19.4 Å². The highest BCUT2D eigenvalue weighted by atomic mass is 79.9. The summed E-state index contributed by atoms with van der Waals surface area (Å²) in [6, 6.07) is 8.17. The molecule has 1 fully saturated rings. The van der Waals surface area contributed by atoms with Crippen LogP contribution in [0.1, 0.15) is 0 Å². The highest BCUT2D eigenvalue weighted by Crippen LogP contribution is 2.21. The van der Waals surface area contributed by atoms with Crippen LogP contribution in [0.2, 0.25) is 0 Å². The third-order valence-corrected chi connectivity index (χ3v) is 4.95. The van der Waals surface area contributed by atoms with E-state index < -0.39 is 0 Å². The lowest BCUT2D eigenvalue weighted by Crippen LogP contribution is -2.49. The van der Waals surface area contributed by atoms with Crippen LogP contribution in [0, 0.1) is 0 Å². The Balaban J connectivity index is 1.42. The number of imidazole rings is 1. The predicted molar refractivity (Wildman–Crippen MR) is 97.0 cm³/mol. The molecule has 4 rings (SSSR count). The number of hydrogen-bond acceptors (Lipinski definition) is 3. The second kappa shape index (κ2) is 6.32. The lowest BCUT2D eigenvalue weighted by Gasteiger charge is -2.34. The zero-order valence-electron chi connectivity index (χ0n) is 13.2. The van der Waals surface area contributed by atoms with E-state index in [1.165, 1.54) is 0 Å². The predicted octanol–water partition coefficient (Wildman–Crippen LogP) is 2.48. The van der Waals surface area contributed by atoms with Crippen LogP contribution in [0.15, 0.2) is 47.3 Å². The lowest BCUT2D eigenvalue weighted by molar-refractivity contribution is -0.132. The summed E-state index contributed by atoms with van der Waals surface area (Å²) in [6.45, 7) is 3.43. The summed E-state index contributed by atoms with van der Waals surface area (Å²) in [5, 5.41) is 1.15. The van der Waals surface area contributed by atoms with Crippen LogP contribution in [0.5, 0.6) is 0 Å². The molecule has 7 heteroatoms. The Morgan fingerprint density at radius 1 is 1.21 bits per heavy atom. The number of benzene rings is 1. The Morgan fingerprint density at radius 3 is 2.79 bits per heavy atom. The van der Waals surface area contributed by atoms with Gasteiger partial charge in [-0.05, 0) is 23.6 Å². The molecule has 0 bridgehead atoms. The minimum absolute atomic E-state index is 0.159. The largest absolute Gasteiger partial charge is 0.339 e. The maximum Gasteiger partial charge on any atom is 0.242 e. The molecule has 0 atom stereocenters. The molecule has 1 N–H and O–H groups in total. The first-order valence-electron chi connectivity index (χ1n) is 7.97. The van der Waals surface area contributed by atoms with Gasteiger partial charge in [-0.25, -0.2) is 4.98 Å². The van der Waals surface area contributed by atoms with E-state index in [4.69, 9.17) is 0 Å². The summed E-state index contributed by atoms with van der Waals surface area (Å²) in [7, 11) is 0. The van der Waals surface area contributed by atoms with Crippen LogP contribution in [-0.2, 0) is 11.3 Å². The Labute approximate surface area is 148 Å². The number of aromatic nitrogens is 3. The molecule has 1 aliphatic heterocycles. The molecule has 24 heavy (non-hydrogen) atoms. The van der Waals surface area contributed by atoms with Crippen molar-refractivity contribution < 1.29 is 4.79 Å². The highest BCUT2D eigenvalue weighted by molar-refractivity contribution is 9.10. The van der Waals surface area contributed by atoms with Crippen LogP contribution < -0.4 is 4.90 Å². The normalized spacial score (nSPS) is 15.2. The molecule has 0 saturated carbocycles.